The molecule has 4 aliphatic carbocycles. The van der Waals surface area contributed by atoms with Crippen LogP contribution in [0.25, 0.3) is 0 Å². The third kappa shape index (κ3) is 4.60. The summed E-state index contributed by atoms with van der Waals surface area (Å²) in [5.74, 6) is -2.81. The fraction of sp³-hybridized carbons (Fsp3) is 0.594. The average molecular weight is 621 g/mol. The molecule has 4 aliphatic rings. The van der Waals surface area contributed by atoms with Crippen molar-refractivity contribution in [2.45, 2.75) is 70.2 Å². The molecule has 5 rings (SSSR count). The first kappa shape index (κ1) is 31.8. The van der Waals surface area contributed by atoms with E-state index < -0.39 is 69.7 Å². The molecule has 3 fully saturated rings. The second kappa shape index (κ2) is 11.4. The highest BCUT2D eigenvalue weighted by molar-refractivity contribution is 8.13. The molecule has 8 atom stereocenters. The van der Waals surface area contributed by atoms with Crippen molar-refractivity contribution in [2.75, 3.05) is 19.7 Å². The molecule has 7 nitrogen and oxygen atoms in total. The Morgan fingerprint density at radius 3 is 2.56 bits per heavy atom. The third-order valence-corrected chi connectivity index (χ3v) is 11.5. The fourth-order valence-corrected chi connectivity index (χ4v) is 9.75. The van der Waals surface area contributed by atoms with Crippen molar-refractivity contribution < 1.29 is 37.3 Å². The molecule has 0 aromatic heterocycles. The highest BCUT2D eigenvalue weighted by Crippen LogP contribution is 2.72. The van der Waals surface area contributed by atoms with Crippen LogP contribution >= 0.6 is 11.8 Å². The van der Waals surface area contributed by atoms with E-state index >= 15 is 4.39 Å². The van der Waals surface area contributed by atoms with E-state index in [0.29, 0.717) is 48.0 Å². The molecule has 3 saturated carbocycles. The number of carbonyl (C=O) groups excluding carboxylic acids is 2. The second-order valence-electron chi connectivity index (χ2n) is 12.8. The largest absolute Gasteiger partial charge is 0.447 e. The summed E-state index contributed by atoms with van der Waals surface area (Å²) in [5.41, 5.74) is 2.40. The first-order valence-corrected chi connectivity index (χ1v) is 15.6. The molecule has 0 bridgehead atoms. The number of allylic oxidation sites excluding steroid dienone is 3. The number of methoxy groups -OCH3 is 1. The molecule has 0 saturated heterocycles. The zero-order valence-corrected chi connectivity index (χ0v) is 25.7. The number of rotatable bonds is 6. The minimum atomic E-state index is -2.10. The Hall–Kier alpha value is -2.63. The van der Waals surface area contributed by atoms with Crippen LogP contribution in [0.3, 0.4) is 0 Å². The summed E-state index contributed by atoms with van der Waals surface area (Å²) in [7, 11) is 1.33. The number of nitrogens with two attached hydrogens (primary N) is 1. The summed E-state index contributed by atoms with van der Waals surface area (Å²) in [6, 6.07) is 4.73. The van der Waals surface area contributed by atoms with Gasteiger partial charge in [-0.3, -0.25) is 4.79 Å². The lowest BCUT2D eigenvalue weighted by Crippen LogP contribution is -2.70. The molecule has 1 aromatic carbocycles. The summed E-state index contributed by atoms with van der Waals surface area (Å²) in [6.45, 7) is 4.96. The molecule has 43 heavy (non-hydrogen) atoms. The predicted molar refractivity (Wildman–Crippen MR) is 158 cm³/mol. The fourth-order valence-electron chi connectivity index (χ4n) is 8.96. The normalized spacial score (nSPS) is 40.4. The van der Waals surface area contributed by atoms with Gasteiger partial charge in [-0.2, -0.15) is 0 Å². The van der Waals surface area contributed by atoms with E-state index in [9.17, 15) is 23.5 Å². The Bertz CT molecular complexity index is 1390. The van der Waals surface area contributed by atoms with Crippen molar-refractivity contribution >= 4 is 34.2 Å². The number of fused-ring (bicyclic) bond motifs is 5. The Kier molecular flexibility index (Phi) is 8.41. The lowest BCUT2D eigenvalue weighted by molar-refractivity contribution is -0.231. The average Bonchev–Trinajstić information content (AvgIpc) is 3.17. The van der Waals surface area contributed by atoms with Crippen LogP contribution in [-0.4, -0.2) is 59.0 Å². The molecule has 1 unspecified atom stereocenters. The van der Waals surface area contributed by atoms with Gasteiger partial charge in [0.2, 0.25) is 5.12 Å². The van der Waals surface area contributed by atoms with Crippen LogP contribution in [0.1, 0.15) is 52.9 Å². The number of halogens is 3. The van der Waals surface area contributed by atoms with Gasteiger partial charge in [-0.25, -0.2) is 23.0 Å². The number of aliphatic hydroxyl groups excluding tert-OH is 1. The zero-order chi connectivity index (χ0) is 31.4. The number of carbonyl (C=O) groups is 2. The first-order chi connectivity index (χ1) is 20.3. The second-order valence-corrected chi connectivity index (χ2v) is 13.7. The number of aliphatic hydroxyl groups is 1. The summed E-state index contributed by atoms with van der Waals surface area (Å²) in [4.78, 5) is 31.1. The topological polar surface area (TPSA) is 111 Å². The van der Waals surface area contributed by atoms with E-state index in [-0.39, 0.29) is 18.7 Å². The van der Waals surface area contributed by atoms with Crippen LogP contribution < -0.4 is 5.73 Å². The summed E-state index contributed by atoms with van der Waals surface area (Å²) in [6.07, 6.45) is 3.01. The Labute approximate surface area is 254 Å². The van der Waals surface area contributed by atoms with Crippen molar-refractivity contribution in [3.8, 4) is 0 Å². The van der Waals surface area contributed by atoms with Gasteiger partial charge >= 0.3 is 5.97 Å². The van der Waals surface area contributed by atoms with Gasteiger partial charge in [0.15, 0.2) is 5.60 Å². The molecular weight excluding hydrogens is 581 g/mol. The van der Waals surface area contributed by atoms with Crippen LogP contribution in [0.2, 0.25) is 0 Å². The van der Waals surface area contributed by atoms with Gasteiger partial charge in [0.25, 0.3) is 0 Å². The van der Waals surface area contributed by atoms with Crippen LogP contribution in [0.4, 0.5) is 18.9 Å². The molecule has 0 aliphatic heterocycles. The minimum absolute atomic E-state index is 0.158. The maximum absolute atomic E-state index is 18.0. The number of hydrogen-bond acceptors (Lipinski definition) is 8. The highest BCUT2D eigenvalue weighted by Gasteiger charge is 2.77. The van der Waals surface area contributed by atoms with Gasteiger partial charge in [-0.05, 0) is 91.9 Å². The van der Waals surface area contributed by atoms with E-state index in [4.69, 9.17) is 15.2 Å². The number of hydrogen-bond donors (Lipinski definition) is 2. The monoisotopic (exact) mass is 620 g/mol. The summed E-state index contributed by atoms with van der Waals surface area (Å²) in [5, 5.41) is 11.2. The molecule has 0 radical (unpaired) electrons. The Morgan fingerprint density at radius 1 is 1.23 bits per heavy atom. The van der Waals surface area contributed by atoms with Gasteiger partial charge in [0, 0.05) is 29.8 Å². The maximum atomic E-state index is 18.0. The Balaban J connectivity index is 1.58. The van der Waals surface area contributed by atoms with Crippen LogP contribution in [0.15, 0.2) is 52.7 Å². The number of benzene rings is 1. The van der Waals surface area contributed by atoms with Crippen molar-refractivity contribution in [2.24, 2.45) is 39.3 Å². The molecule has 11 heteroatoms. The Morgan fingerprint density at radius 2 is 1.93 bits per heavy atom. The van der Waals surface area contributed by atoms with E-state index in [1.807, 2.05) is 13.0 Å². The SMILES string of the molecule is COCC(=O)O[C@]1(C(=O)SCF)[C@H](C)CC2[C@@H]3CCC4=CC(=Nc5ccc(F)cc5)C(=CN)C[C@]4(C)[C@@]3(F)[C@@H](O)C[C@@]21C. The van der Waals surface area contributed by atoms with Crippen molar-refractivity contribution in [3.63, 3.8) is 0 Å². The first-order valence-electron chi connectivity index (χ1n) is 14.6. The van der Waals surface area contributed by atoms with E-state index in [1.165, 1.54) is 25.4 Å². The summed E-state index contributed by atoms with van der Waals surface area (Å²) < 4.78 is 55.9. The maximum Gasteiger partial charge on any atom is 0.333 e. The van der Waals surface area contributed by atoms with Crippen LogP contribution in [0, 0.1) is 34.4 Å². The molecule has 234 valence electrons. The van der Waals surface area contributed by atoms with Gasteiger partial charge < -0.3 is 20.3 Å². The molecule has 0 spiro atoms. The molecular formula is C32H39F3N2O5S. The van der Waals surface area contributed by atoms with Crippen molar-refractivity contribution in [1.29, 1.82) is 0 Å². The minimum Gasteiger partial charge on any atom is -0.447 e. The molecule has 0 amide bonds. The highest BCUT2D eigenvalue weighted by atomic mass is 32.2. The molecule has 3 N–H and O–H groups in total. The molecule has 0 heterocycles. The van der Waals surface area contributed by atoms with E-state index in [0.717, 1.165) is 5.57 Å². The van der Waals surface area contributed by atoms with Crippen molar-refractivity contribution in [1.82, 2.24) is 0 Å². The zero-order valence-electron chi connectivity index (χ0n) is 24.9. The lowest BCUT2D eigenvalue weighted by Gasteiger charge is -2.63. The number of ether oxygens (including phenoxy) is 2. The van der Waals surface area contributed by atoms with Crippen LogP contribution in [-0.2, 0) is 19.1 Å². The van der Waals surface area contributed by atoms with Gasteiger partial charge in [0.05, 0.1) is 17.5 Å². The summed E-state index contributed by atoms with van der Waals surface area (Å²) >= 11 is 0.434. The van der Waals surface area contributed by atoms with Gasteiger partial charge in [-0.15, -0.1) is 0 Å². The number of alkyl halides is 2. The number of nitrogens with zero attached hydrogens (tertiary/aromatic N) is 1. The number of aliphatic imine (C=N–C) groups is 1. The lowest BCUT2D eigenvalue weighted by atomic mass is 9.43. The predicted octanol–water partition coefficient (Wildman–Crippen LogP) is 5.74. The number of thioether (sulfide) groups is 1. The molecule has 1 aromatic rings. The smallest absolute Gasteiger partial charge is 0.333 e. The van der Waals surface area contributed by atoms with Crippen LogP contribution in [0.5, 0.6) is 0 Å². The van der Waals surface area contributed by atoms with E-state index in [1.54, 1.807) is 26.0 Å². The van der Waals surface area contributed by atoms with Gasteiger partial charge in [-0.1, -0.05) is 26.3 Å². The van der Waals surface area contributed by atoms with Gasteiger partial charge in [0.1, 0.15) is 24.1 Å². The van der Waals surface area contributed by atoms with E-state index in [2.05, 4.69) is 4.99 Å². The number of esters is 1. The van der Waals surface area contributed by atoms with Crippen molar-refractivity contribution in [3.05, 3.63) is 53.5 Å². The quantitative estimate of drug-likeness (QED) is 0.391. The third-order valence-electron chi connectivity index (χ3n) is 10.9. The standard InChI is InChI=1S/C32H39F3N2O5S/c1-18-11-24-23-10-5-20-12-25(37-22-8-6-21(34)7-9-22)19(15-36)13-29(20,2)31(23,35)26(38)14-30(24,3)32(18,28(40)43-17-33)42-27(39)16-41-4/h6-9,12,15,18,23-24,26,38H,5,10-11,13-14,16-17,36H2,1-4H3/t18-,23+,24?,26+,29+,30+,31+,32+/m1/s1.